The smallest absolute Gasteiger partial charge is 0.161 e. The molecule has 0 fully saturated rings. The monoisotopic (exact) mass is 294 g/mol. The summed E-state index contributed by atoms with van der Waals surface area (Å²) in [5, 5.41) is 9.04. The molecule has 4 heteroatoms. The van der Waals surface area contributed by atoms with Crippen LogP contribution in [0, 0.1) is 11.3 Å². The summed E-state index contributed by atoms with van der Waals surface area (Å²) in [5.74, 6) is 1.13. The van der Waals surface area contributed by atoms with Crippen LogP contribution >= 0.6 is 0 Å². The van der Waals surface area contributed by atoms with Crippen LogP contribution in [0.4, 0.5) is 0 Å². The number of nitrogens with zero attached hydrogens (tertiary/aromatic N) is 2. The lowest BCUT2D eigenvalue weighted by atomic mass is 10.1. The van der Waals surface area contributed by atoms with Gasteiger partial charge >= 0.3 is 0 Å². The highest BCUT2D eigenvalue weighted by Crippen LogP contribution is 2.28. The summed E-state index contributed by atoms with van der Waals surface area (Å²) in [6, 6.07) is 17.2. The minimum absolute atomic E-state index is 0.274. The van der Waals surface area contributed by atoms with Gasteiger partial charge in [-0.1, -0.05) is 30.3 Å². The summed E-state index contributed by atoms with van der Waals surface area (Å²) < 4.78 is 11.3. The number of methoxy groups -OCH3 is 1. The van der Waals surface area contributed by atoms with Gasteiger partial charge in [-0.05, 0) is 24.6 Å². The molecule has 0 aromatic heterocycles. The van der Waals surface area contributed by atoms with Crippen molar-refractivity contribution in [3.63, 3.8) is 0 Å². The van der Waals surface area contributed by atoms with Gasteiger partial charge in [0.2, 0.25) is 0 Å². The molecule has 1 atom stereocenters. The second kappa shape index (κ2) is 7.28. The topological polar surface area (TPSA) is 54.6 Å². The molecule has 0 saturated carbocycles. The van der Waals surface area contributed by atoms with Gasteiger partial charge in [0.15, 0.2) is 6.10 Å². The van der Waals surface area contributed by atoms with Gasteiger partial charge in [-0.3, -0.25) is 4.99 Å². The predicted octanol–water partition coefficient (Wildman–Crippen LogP) is 3.78. The molecule has 2 aromatic carbocycles. The average Bonchev–Trinajstić information content (AvgIpc) is 2.59. The van der Waals surface area contributed by atoms with E-state index in [2.05, 4.69) is 11.1 Å². The van der Waals surface area contributed by atoms with E-state index in [0.717, 1.165) is 11.3 Å². The Morgan fingerprint density at radius 1 is 1.18 bits per heavy atom. The van der Waals surface area contributed by atoms with Crippen molar-refractivity contribution in [2.75, 3.05) is 14.2 Å². The molecule has 0 heterocycles. The lowest BCUT2D eigenvalue weighted by Crippen LogP contribution is -2.16. The van der Waals surface area contributed by atoms with Gasteiger partial charge in [0.25, 0.3) is 0 Å². The number of hydrogen-bond donors (Lipinski definition) is 0. The highest BCUT2D eigenvalue weighted by molar-refractivity contribution is 5.87. The van der Waals surface area contributed by atoms with Crippen LogP contribution in [-0.4, -0.2) is 19.9 Å². The first-order valence-corrected chi connectivity index (χ1v) is 6.92. The Bertz CT molecular complexity index is 703. The highest BCUT2D eigenvalue weighted by Gasteiger charge is 2.17. The summed E-state index contributed by atoms with van der Waals surface area (Å²) in [6.45, 7) is 1.93. The molecule has 0 spiro atoms. The first-order valence-electron chi connectivity index (χ1n) is 6.92. The molecule has 0 saturated heterocycles. The molecule has 0 N–H and O–H groups in total. The van der Waals surface area contributed by atoms with E-state index in [9.17, 15) is 0 Å². The van der Waals surface area contributed by atoms with Gasteiger partial charge in [-0.25, -0.2) is 0 Å². The molecule has 0 radical (unpaired) electrons. The maximum atomic E-state index is 9.04. The number of rotatable bonds is 5. The van der Waals surface area contributed by atoms with Gasteiger partial charge in [0.05, 0.1) is 18.4 Å². The molecule has 0 aliphatic rings. The van der Waals surface area contributed by atoms with Crippen molar-refractivity contribution in [1.29, 1.82) is 5.26 Å². The van der Waals surface area contributed by atoms with E-state index in [1.807, 2.05) is 37.3 Å². The summed E-state index contributed by atoms with van der Waals surface area (Å²) in [5.41, 5.74) is 2.37. The molecule has 2 aromatic rings. The second-order valence-electron chi connectivity index (χ2n) is 4.75. The number of nitriles is 1. The molecule has 22 heavy (non-hydrogen) atoms. The van der Waals surface area contributed by atoms with Crippen LogP contribution in [-0.2, 0) is 0 Å². The van der Waals surface area contributed by atoms with E-state index in [-0.39, 0.29) is 6.10 Å². The van der Waals surface area contributed by atoms with Crippen LogP contribution in [0.15, 0.2) is 53.5 Å². The standard InChI is InChI=1S/C18H18N2O2/c1-13(20-2)18(14-7-5-4-6-8-14)22-16-10-9-15(12-19)17(11-16)21-3/h4-11,18H,1-3H3. The maximum absolute atomic E-state index is 9.04. The van der Waals surface area contributed by atoms with Crippen molar-refractivity contribution in [2.24, 2.45) is 4.99 Å². The Hall–Kier alpha value is -2.80. The fraction of sp³-hybridized carbons (Fsp3) is 0.222. The fourth-order valence-electron chi connectivity index (χ4n) is 2.11. The predicted molar refractivity (Wildman–Crippen MR) is 86.6 cm³/mol. The average molecular weight is 294 g/mol. The van der Waals surface area contributed by atoms with Gasteiger partial charge in [-0.2, -0.15) is 5.26 Å². The molecule has 1 unspecified atom stereocenters. The third-order valence-corrected chi connectivity index (χ3v) is 3.38. The Morgan fingerprint density at radius 3 is 2.50 bits per heavy atom. The molecular weight excluding hydrogens is 276 g/mol. The summed E-state index contributed by atoms with van der Waals surface area (Å²) in [4.78, 5) is 4.25. The Labute approximate surface area is 130 Å². The second-order valence-corrected chi connectivity index (χ2v) is 4.75. The summed E-state index contributed by atoms with van der Waals surface area (Å²) in [7, 11) is 3.28. The SMILES string of the molecule is CN=C(C)C(Oc1ccc(C#N)c(OC)c1)c1ccccc1. The van der Waals surface area contributed by atoms with E-state index in [1.165, 1.54) is 7.11 Å². The first kappa shape index (κ1) is 15.6. The lowest BCUT2D eigenvalue weighted by Gasteiger charge is -2.20. The highest BCUT2D eigenvalue weighted by atomic mass is 16.5. The van der Waals surface area contributed by atoms with Crippen LogP contribution in [0.2, 0.25) is 0 Å². The molecule has 4 nitrogen and oxygen atoms in total. The molecule has 0 amide bonds. The zero-order chi connectivity index (χ0) is 15.9. The molecule has 0 aliphatic heterocycles. The van der Waals surface area contributed by atoms with E-state index >= 15 is 0 Å². The minimum atomic E-state index is -0.274. The van der Waals surface area contributed by atoms with Crippen LogP contribution in [0.25, 0.3) is 0 Å². The minimum Gasteiger partial charge on any atom is -0.495 e. The molecule has 0 bridgehead atoms. The van der Waals surface area contributed by atoms with E-state index in [0.29, 0.717) is 17.1 Å². The zero-order valence-electron chi connectivity index (χ0n) is 12.9. The normalized spacial score (nSPS) is 12.4. The van der Waals surface area contributed by atoms with Crippen LogP contribution in [0.3, 0.4) is 0 Å². The van der Waals surface area contributed by atoms with Gasteiger partial charge in [0.1, 0.15) is 17.6 Å². The Morgan fingerprint density at radius 2 is 1.91 bits per heavy atom. The lowest BCUT2D eigenvalue weighted by molar-refractivity contribution is 0.271. The van der Waals surface area contributed by atoms with E-state index in [1.54, 1.807) is 25.2 Å². The van der Waals surface area contributed by atoms with Gasteiger partial charge in [-0.15, -0.1) is 0 Å². The first-order chi connectivity index (χ1) is 10.7. The molecule has 0 aliphatic carbocycles. The quantitative estimate of drug-likeness (QED) is 0.789. The largest absolute Gasteiger partial charge is 0.495 e. The Balaban J connectivity index is 2.34. The van der Waals surface area contributed by atoms with E-state index < -0.39 is 0 Å². The van der Waals surface area contributed by atoms with Crippen LogP contribution in [0.5, 0.6) is 11.5 Å². The number of ether oxygens (including phenoxy) is 2. The number of hydrogen-bond acceptors (Lipinski definition) is 4. The third-order valence-electron chi connectivity index (χ3n) is 3.38. The third kappa shape index (κ3) is 3.44. The number of benzene rings is 2. The Kier molecular flexibility index (Phi) is 5.16. The van der Waals surface area contributed by atoms with Crippen molar-refractivity contribution in [1.82, 2.24) is 0 Å². The fourth-order valence-corrected chi connectivity index (χ4v) is 2.11. The maximum Gasteiger partial charge on any atom is 0.161 e. The molecular formula is C18H18N2O2. The van der Waals surface area contributed by atoms with Crippen LogP contribution in [0.1, 0.15) is 24.2 Å². The van der Waals surface area contributed by atoms with Gasteiger partial charge < -0.3 is 9.47 Å². The zero-order valence-corrected chi connectivity index (χ0v) is 12.9. The van der Waals surface area contributed by atoms with Crippen molar-refractivity contribution in [2.45, 2.75) is 13.0 Å². The summed E-state index contributed by atoms with van der Waals surface area (Å²) >= 11 is 0. The van der Waals surface area contributed by atoms with Gasteiger partial charge in [0, 0.05) is 13.1 Å². The molecule has 112 valence electrons. The van der Waals surface area contributed by atoms with Crippen molar-refractivity contribution < 1.29 is 9.47 Å². The number of aliphatic imine (C=N–C) groups is 1. The van der Waals surface area contributed by atoms with Crippen molar-refractivity contribution in [3.05, 3.63) is 59.7 Å². The van der Waals surface area contributed by atoms with Crippen molar-refractivity contribution >= 4 is 5.71 Å². The van der Waals surface area contributed by atoms with Crippen molar-refractivity contribution in [3.8, 4) is 17.6 Å². The molecule has 2 rings (SSSR count). The van der Waals surface area contributed by atoms with E-state index in [4.69, 9.17) is 14.7 Å². The summed E-state index contributed by atoms with van der Waals surface area (Å²) in [6.07, 6.45) is -0.274. The van der Waals surface area contributed by atoms with Crippen LogP contribution < -0.4 is 9.47 Å².